The molecule has 0 unspecified atom stereocenters. The molecule has 1 amide bonds. The molecule has 8 heteroatoms. The van der Waals surface area contributed by atoms with E-state index in [1.165, 1.54) is 18.2 Å². The Morgan fingerprint density at radius 2 is 1.84 bits per heavy atom. The monoisotopic (exact) mass is 448 g/mol. The first-order valence-corrected chi connectivity index (χ1v) is 12.3. The molecular formula is C23H26F2N2O3S. The van der Waals surface area contributed by atoms with Gasteiger partial charge in [0, 0.05) is 25.0 Å². The Kier molecular flexibility index (Phi) is 6.12. The lowest BCUT2D eigenvalue weighted by molar-refractivity contribution is -0.133. The molecule has 1 heterocycles. The fourth-order valence-corrected chi connectivity index (χ4v) is 5.33. The summed E-state index contributed by atoms with van der Waals surface area (Å²) in [6.45, 7) is 2.53. The van der Waals surface area contributed by atoms with Crippen LogP contribution in [0, 0.1) is 17.6 Å². The van der Waals surface area contributed by atoms with Gasteiger partial charge >= 0.3 is 0 Å². The summed E-state index contributed by atoms with van der Waals surface area (Å²) in [5, 5.41) is 0. The van der Waals surface area contributed by atoms with Gasteiger partial charge in [-0.15, -0.1) is 0 Å². The van der Waals surface area contributed by atoms with Crippen molar-refractivity contribution in [3.8, 4) is 11.1 Å². The van der Waals surface area contributed by atoms with Crippen molar-refractivity contribution in [1.29, 1.82) is 0 Å². The van der Waals surface area contributed by atoms with Crippen molar-refractivity contribution in [1.82, 2.24) is 9.62 Å². The van der Waals surface area contributed by atoms with Crippen LogP contribution in [0.1, 0.15) is 37.7 Å². The molecule has 4 rings (SSSR count). The predicted octanol–water partition coefficient (Wildman–Crippen LogP) is 3.67. The molecule has 0 radical (unpaired) electrons. The van der Waals surface area contributed by atoms with Crippen LogP contribution in [0.4, 0.5) is 8.78 Å². The molecule has 0 bridgehead atoms. The van der Waals surface area contributed by atoms with Gasteiger partial charge in [-0.25, -0.2) is 21.9 Å². The van der Waals surface area contributed by atoms with Gasteiger partial charge in [0.1, 0.15) is 11.6 Å². The van der Waals surface area contributed by atoms with Crippen LogP contribution < -0.4 is 4.72 Å². The number of rotatable bonds is 6. The number of carbonyl (C=O) groups excluding carboxylic acids is 1. The minimum Gasteiger partial charge on any atom is -0.341 e. The summed E-state index contributed by atoms with van der Waals surface area (Å²) >= 11 is 0. The molecule has 1 saturated heterocycles. The van der Waals surface area contributed by atoms with Crippen LogP contribution in [0.3, 0.4) is 0 Å². The SMILES string of the molecule is CCS(=O)(=O)N[C@@H]1CCCN(C(=O)[C@@H]2C[C@H]2c2ccccc2-c2c(F)cccc2F)C1. The minimum atomic E-state index is -3.33. The number of likely N-dealkylation sites (tertiary alicyclic amines) is 1. The van der Waals surface area contributed by atoms with Crippen LogP contribution in [0.5, 0.6) is 0 Å². The summed E-state index contributed by atoms with van der Waals surface area (Å²) in [6.07, 6.45) is 2.05. The van der Waals surface area contributed by atoms with E-state index < -0.39 is 21.7 Å². The van der Waals surface area contributed by atoms with Crippen LogP contribution in [0.25, 0.3) is 11.1 Å². The zero-order valence-corrected chi connectivity index (χ0v) is 18.2. The third kappa shape index (κ3) is 4.65. The first-order valence-electron chi connectivity index (χ1n) is 10.6. The maximum atomic E-state index is 14.4. The van der Waals surface area contributed by atoms with Crippen LogP contribution >= 0.6 is 0 Å². The van der Waals surface area contributed by atoms with Gasteiger partial charge in [-0.3, -0.25) is 4.79 Å². The first kappa shape index (κ1) is 21.9. The number of carbonyl (C=O) groups is 1. The van der Waals surface area contributed by atoms with E-state index >= 15 is 0 Å². The molecular weight excluding hydrogens is 422 g/mol. The summed E-state index contributed by atoms with van der Waals surface area (Å²) in [4.78, 5) is 14.8. The summed E-state index contributed by atoms with van der Waals surface area (Å²) in [7, 11) is -3.33. The van der Waals surface area contributed by atoms with E-state index in [4.69, 9.17) is 0 Å². The molecule has 1 N–H and O–H groups in total. The molecule has 3 atom stereocenters. The Bertz CT molecular complexity index is 1070. The smallest absolute Gasteiger partial charge is 0.226 e. The van der Waals surface area contributed by atoms with Crippen LogP contribution in [-0.2, 0) is 14.8 Å². The molecule has 31 heavy (non-hydrogen) atoms. The summed E-state index contributed by atoms with van der Waals surface area (Å²) in [6, 6.07) is 10.6. The Morgan fingerprint density at radius 1 is 1.13 bits per heavy atom. The first-order chi connectivity index (χ1) is 14.8. The van der Waals surface area contributed by atoms with E-state index in [0.29, 0.717) is 31.5 Å². The zero-order chi connectivity index (χ0) is 22.2. The molecule has 2 fully saturated rings. The number of amides is 1. The van der Waals surface area contributed by atoms with E-state index in [9.17, 15) is 22.0 Å². The molecule has 0 spiro atoms. The van der Waals surface area contributed by atoms with Gasteiger partial charge in [-0.2, -0.15) is 0 Å². The molecule has 2 aromatic carbocycles. The van der Waals surface area contributed by atoms with Crippen LogP contribution in [0.2, 0.25) is 0 Å². The van der Waals surface area contributed by atoms with Crippen molar-refractivity contribution >= 4 is 15.9 Å². The van der Waals surface area contributed by atoms with Gasteiger partial charge in [0.25, 0.3) is 0 Å². The van der Waals surface area contributed by atoms with Gasteiger partial charge in [-0.05, 0) is 55.4 Å². The number of benzene rings is 2. The highest BCUT2D eigenvalue weighted by Gasteiger charge is 2.47. The minimum absolute atomic E-state index is 0.00549. The van der Waals surface area contributed by atoms with E-state index in [1.54, 1.807) is 24.0 Å². The number of nitrogens with zero attached hydrogens (tertiary/aromatic N) is 1. The van der Waals surface area contributed by atoms with E-state index in [0.717, 1.165) is 12.0 Å². The molecule has 2 aromatic rings. The Hall–Kier alpha value is -2.32. The van der Waals surface area contributed by atoms with Crippen LogP contribution in [-0.4, -0.2) is 44.1 Å². The van der Waals surface area contributed by atoms with Gasteiger partial charge in [-0.1, -0.05) is 30.3 Å². The fraction of sp³-hybridized carbons (Fsp3) is 0.435. The molecule has 1 aliphatic heterocycles. The highest BCUT2D eigenvalue weighted by Crippen LogP contribution is 2.51. The second kappa shape index (κ2) is 8.67. The van der Waals surface area contributed by atoms with Gasteiger partial charge in [0.05, 0.1) is 11.3 Å². The summed E-state index contributed by atoms with van der Waals surface area (Å²) in [5.74, 6) is -1.62. The maximum absolute atomic E-state index is 14.4. The maximum Gasteiger partial charge on any atom is 0.226 e. The van der Waals surface area contributed by atoms with E-state index in [2.05, 4.69) is 4.72 Å². The van der Waals surface area contributed by atoms with Gasteiger partial charge in [0.15, 0.2) is 0 Å². The number of piperidine rings is 1. The topological polar surface area (TPSA) is 66.5 Å². The average Bonchev–Trinajstić information content (AvgIpc) is 3.54. The third-order valence-corrected chi connectivity index (χ3v) is 7.61. The van der Waals surface area contributed by atoms with E-state index in [-0.39, 0.29) is 35.1 Å². The van der Waals surface area contributed by atoms with Crippen molar-refractivity contribution in [3.05, 3.63) is 59.7 Å². The number of nitrogens with one attached hydrogen (secondary N) is 1. The number of hydrogen-bond acceptors (Lipinski definition) is 3. The zero-order valence-electron chi connectivity index (χ0n) is 17.4. The Balaban J connectivity index is 1.50. The average molecular weight is 449 g/mol. The highest BCUT2D eigenvalue weighted by molar-refractivity contribution is 7.89. The molecule has 1 saturated carbocycles. The fourth-order valence-electron chi connectivity index (χ4n) is 4.46. The van der Waals surface area contributed by atoms with Crippen molar-refractivity contribution < 1.29 is 22.0 Å². The highest BCUT2D eigenvalue weighted by atomic mass is 32.2. The lowest BCUT2D eigenvalue weighted by Gasteiger charge is -2.33. The number of hydrogen-bond donors (Lipinski definition) is 1. The Labute approximate surface area is 181 Å². The number of halogens is 2. The number of sulfonamides is 1. The molecule has 2 aliphatic rings. The molecule has 0 aromatic heterocycles. The quantitative estimate of drug-likeness (QED) is 0.733. The van der Waals surface area contributed by atoms with Crippen molar-refractivity contribution in [3.63, 3.8) is 0 Å². The third-order valence-electron chi connectivity index (χ3n) is 6.16. The molecule has 166 valence electrons. The van der Waals surface area contributed by atoms with E-state index in [1.807, 2.05) is 12.1 Å². The predicted molar refractivity (Wildman–Crippen MR) is 115 cm³/mol. The second-order valence-corrected chi connectivity index (χ2v) is 10.3. The standard InChI is InChI=1S/C23H26F2N2O3S/c1-2-31(29,30)26-15-7-6-12-27(14-15)23(28)19-13-18(19)16-8-3-4-9-17(16)22-20(24)10-5-11-21(22)25/h3-5,8-11,15,18-19,26H,2,6-7,12-14H2,1H3/t15-,18+,19-/m1/s1. The largest absolute Gasteiger partial charge is 0.341 e. The van der Waals surface area contributed by atoms with Crippen LogP contribution in [0.15, 0.2) is 42.5 Å². The second-order valence-electron chi connectivity index (χ2n) is 8.28. The molecule has 1 aliphatic carbocycles. The Morgan fingerprint density at radius 3 is 2.55 bits per heavy atom. The van der Waals surface area contributed by atoms with Gasteiger partial charge < -0.3 is 4.90 Å². The van der Waals surface area contributed by atoms with Crippen molar-refractivity contribution in [2.75, 3.05) is 18.8 Å². The molecule has 5 nitrogen and oxygen atoms in total. The summed E-state index contributed by atoms with van der Waals surface area (Å²) < 4.78 is 55.2. The van der Waals surface area contributed by atoms with Crippen molar-refractivity contribution in [2.45, 2.75) is 38.1 Å². The lowest BCUT2D eigenvalue weighted by atomic mass is 9.95. The normalized spacial score (nSPS) is 23.6. The van der Waals surface area contributed by atoms with Crippen molar-refractivity contribution in [2.24, 2.45) is 5.92 Å². The summed E-state index contributed by atoms with van der Waals surface area (Å²) in [5.41, 5.74) is 1.18. The van der Waals surface area contributed by atoms with Gasteiger partial charge in [0.2, 0.25) is 15.9 Å². The lowest BCUT2D eigenvalue weighted by Crippen LogP contribution is -2.50.